The number of nitrogens with zero attached hydrogens (tertiary/aromatic N) is 1. The van der Waals surface area contributed by atoms with Crippen LogP contribution in [0.5, 0.6) is 0 Å². The van der Waals surface area contributed by atoms with Crippen LogP contribution in [0, 0.1) is 0 Å². The first-order valence-electron chi connectivity index (χ1n) is 5.69. The Morgan fingerprint density at radius 3 is 1.91 bits per heavy atom. The number of rotatable bonds is 4. The van der Waals surface area contributed by atoms with Gasteiger partial charge in [0, 0.05) is 0 Å². The molecular formula is C11H12F3NO6S2. The second-order valence-corrected chi connectivity index (χ2v) is 8.34. The molecule has 7 nitrogen and oxygen atoms in total. The molecule has 1 rings (SSSR count). The van der Waals surface area contributed by atoms with Gasteiger partial charge in [0.05, 0.1) is 36.4 Å². The SMILES string of the molecule is COC(=O)c1cc(C(F)(F)F)ccc1N(S(C)(=O)=O)S(C)(=O)=O. The summed E-state index contributed by atoms with van der Waals surface area (Å²) >= 11 is 0. The number of methoxy groups -OCH3 is 1. The molecule has 1 aromatic carbocycles. The number of carbonyl (C=O) groups excluding carboxylic acids is 1. The molecular weight excluding hydrogens is 363 g/mol. The second-order valence-electron chi connectivity index (χ2n) is 4.44. The first-order chi connectivity index (χ1) is 10.2. The standard InChI is InChI=1S/C11H12F3NO6S2/c1-21-10(16)8-6-7(11(12,13)14)4-5-9(8)15(22(2,17)18)23(3,19)20/h4-6H,1-3H3. The van der Waals surface area contributed by atoms with E-state index in [4.69, 9.17) is 0 Å². The summed E-state index contributed by atoms with van der Waals surface area (Å²) in [4.78, 5) is 11.7. The Hall–Kier alpha value is -1.82. The van der Waals surface area contributed by atoms with E-state index in [1.165, 1.54) is 0 Å². The maximum atomic E-state index is 12.7. The number of ether oxygens (including phenoxy) is 1. The summed E-state index contributed by atoms with van der Waals surface area (Å²) in [5.41, 5.74) is -2.86. The van der Waals surface area contributed by atoms with Crippen LogP contribution >= 0.6 is 0 Å². The highest BCUT2D eigenvalue weighted by atomic mass is 32.3. The highest BCUT2D eigenvalue weighted by molar-refractivity contribution is 8.09. The van der Waals surface area contributed by atoms with E-state index in [1.54, 1.807) is 0 Å². The number of anilines is 1. The largest absolute Gasteiger partial charge is 0.465 e. The van der Waals surface area contributed by atoms with E-state index in [2.05, 4.69) is 4.74 Å². The Bertz CT molecular complexity index is 798. The van der Waals surface area contributed by atoms with Gasteiger partial charge in [-0.25, -0.2) is 21.6 Å². The van der Waals surface area contributed by atoms with Crippen molar-refractivity contribution in [2.45, 2.75) is 6.18 Å². The van der Waals surface area contributed by atoms with E-state index in [1.807, 2.05) is 0 Å². The van der Waals surface area contributed by atoms with Gasteiger partial charge in [-0.1, -0.05) is 0 Å². The number of alkyl halides is 3. The zero-order valence-electron chi connectivity index (χ0n) is 12.1. The lowest BCUT2D eigenvalue weighted by Crippen LogP contribution is -2.36. The van der Waals surface area contributed by atoms with Gasteiger partial charge in [0.15, 0.2) is 0 Å². The predicted octanol–water partition coefficient (Wildman–Crippen LogP) is 1.22. The fraction of sp³-hybridized carbons (Fsp3) is 0.364. The first kappa shape index (κ1) is 19.2. The number of carbonyl (C=O) groups is 1. The van der Waals surface area contributed by atoms with E-state index < -0.39 is 49.0 Å². The van der Waals surface area contributed by atoms with Gasteiger partial charge in [-0.2, -0.15) is 16.9 Å². The van der Waals surface area contributed by atoms with Gasteiger partial charge in [-0.15, -0.1) is 0 Å². The predicted molar refractivity (Wildman–Crippen MR) is 75.0 cm³/mol. The minimum atomic E-state index is -4.82. The molecule has 0 spiro atoms. The van der Waals surface area contributed by atoms with Gasteiger partial charge >= 0.3 is 12.1 Å². The van der Waals surface area contributed by atoms with Crippen LogP contribution in [0.2, 0.25) is 0 Å². The van der Waals surface area contributed by atoms with Crippen molar-refractivity contribution < 1.29 is 39.5 Å². The van der Waals surface area contributed by atoms with E-state index in [-0.39, 0.29) is 3.71 Å². The monoisotopic (exact) mass is 375 g/mol. The Morgan fingerprint density at radius 1 is 1.09 bits per heavy atom. The summed E-state index contributed by atoms with van der Waals surface area (Å²) in [7, 11) is -8.01. The number of halogens is 3. The third-order valence-electron chi connectivity index (χ3n) is 2.53. The highest BCUT2D eigenvalue weighted by Gasteiger charge is 2.36. The molecule has 0 aliphatic heterocycles. The van der Waals surface area contributed by atoms with Crippen LogP contribution in [0.3, 0.4) is 0 Å². The molecule has 0 fully saturated rings. The molecule has 0 atom stereocenters. The fourth-order valence-corrected chi connectivity index (χ4v) is 4.75. The maximum Gasteiger partial charge on any atom is 0.416 e. The molecule has 0 N–H and O–H groups in total. The third-order valence-corrected chi connectivity index (χ3v) is 5.75. The Kier molecular flexibility index (Phi) is 5.01. The summed E-state index contributed by atoms with van der Waals surface area (Å²) in [6.45, 7) is 0. The molecule has 0 radical (unpaired) electrons. The molecule has 0 heterocycles. The maximum absolute atomic E-state index is 12.7. The van der Waals surface area contributed by atoms with Crippen molar-refractivity contribution in [1.82, 2.24) is 0 Å². The van der Waals surface area contributed by atoms with Gasteiger partial charge in [0.1, 0.15) is 0 Å². The lowest BCUT2D eigenvalue weighted by atomic mass is 10.1. The van der Waals surface area contributed by atoms with E-state index in [0.29, 0.717) is 30.7 Å². The van der Waals surface area contributed by atoms with E-state index in [0.717, 1.165) is 7.11 Å². The number of esters is 1. The minimum Gasteiger partial charge on any atom is -0.465 e. The summed E-state index contributed by atoms with van der Waals surface area (Å²) in [6.07, 6.45) is -3.75. The Labute approximate surface area is 130 Å². The van der Waals surface area contributed by atoms with Crippen molar-refractivity contribution in [1.29, 1.82) is 0 Å². The number of hydrogen-bond acceptors (Lipinski definition) is 6. The zero-order chi connectivity index (χ0) is 18.2. The van der Waals surface area contributed by atoms with Crippen LogP contribution in [-0.2, 0) is 31.0 Å². The molecule has 130 valence electrons. The molecule has 0 bridgehead atoms. The summed E-state index contributed by atoms with van der Waals surface area (Å²) < 4.78 is 89.1. The highest BCUT2D eigenvalue weighted by Crippen LogP contribution is 2.34. The quantitative estimate of drug-likeness (QED) is 0.734. The van der Waals surface area contributed by atoms with Crippen molar-refractivity contribution in [3.8, 4) is 0 Å². The Balaban J connectivity index is 3.79. The molecule has 0 aromatic heterocycles. The lowest BCUT2D eigenvalue weighted by Gasteiger charge is -2.22. The summed E-state index contributed by atoms with van der Waals surface area (Å²) in [6, 6.07) is 1.37. The molecule has 0 saturated carbocycles. The van der Waals surface area contributed by atoms with Gasteiger partial charge in [0.2, 0.25) is 20.0 Å². The smallest absolute Gasteiger partial charge is 0.416 e. The average Bonchev–Trinajstić information content (AvgIpc) is 2.33. The molecule has 0 aliphatic carbocycles. The fourth-order valence-electron chi connectivity index (χ4n) is 1.75. The lowest BCUT2D eigenvalue weighted by molar-refractivity contribution is -0.137. The molecule has 1 aromatic rings. The minimum absolute atomic E-state index is 0.133. The van der Waals surface area contributed by atoms with Crippen LogP contribution < -0.4 is 3.71 Å². The number of hydrogen-bond donors (Lipinski definition) is 0. The Morgan fingerprint density at radius 2 is 1.57 bits per heavy atom. The van der Waals surface area contributed by atoms with Crippen molar-refractivity contribution in [3.05, 3.63) is 29.3 Å². The second kappa shape index (κ2) is 6.00. The van der Waals surface area contributed by atoms with Crippen LogP contribution in [0.15, 0.2) is 18.2 Å². The van der Waals surface area contributed by atoms with Crippen molar-refractivity contribution >= 4 is 31.7 Å². The van der Waals surface area contributed by atoms with E-state index >= 15 is 0 Å². The molecule has 0 unspecified atom stereocenters. The van der Waals surface area contributed by atoms with Crippen molar-refractivity contribution in [2.75, 3.05) is 23.3 Å². The van der Waals surface area contributed by atoms with Crippen molar-refractivity contribution in [3.63, 3.8) is 0 Å². The number of sulfonamides is 2. The molecule has 0 aliphatic rings. The zero-order valence-corrected chi connectivity index (χ0v) is 13.7. The molecule has 12 heteroatoms. The summed E-state index contributed by atoms with van der Waals surface area (Å²) in [5.74, 6) is -1.32. The topological polar surface area (TPSA) is 97.8 Å². The van der Waals surface area contributed by atoms with Gasteiger partial charge in [-0.05, 0) is 18.2 Å². The first-order valence-corrected chi connectivity index (χ1v) is 9.39. The van der Waals surface area contributed by atoms with Gasteiger partial charge in [-0.3, -0.25) is 0 Å². The van der Waals surface area contributed by atoms with Crippen LogP contribution in [0.25, 0.3) is 0 Å². The third kappa shape index (κ3) is 4.34. The van der Waals surface area contributed by atoms with Crippen LogP contribution in [0.4, 0.5) is 18.9 Å². The summed E-state index contributed by atoms with van der Waals surface area (Å²) in [5, 5.41) is 0. The molecule has 23 heavy (non-hydrogen) atoms. The molecule has 0 amide bonds. The van der Waals surface area contributed by atoms with Crippen LogP contribution in [-0.4, -0.2) is 42.4 Å². The van der Waals surface area contributed by atoms with E-state index in [9.17, 15) is 34.8 Å². The molecule has 0 saturated heterocycles. The van der Waals surface area contributed by atoms with Gasteiger partial charge in [0.25, 0.3) is 0 Å². The average molecular weight is 375 g/mol. The van der Waals surface area contributed by atoms with Crippen LogP contribution in [0.1, 0.15) is 15.9 Å². The van der Waals surface area contributed by atoms with Gasteiger partial charge < -0.3 is 4.74 Å². The van der Waals surface area contributed by atoms with Crippen molar-refractivity contribution in [2.24, 2.45) is 0 Å². The normalized spacial score (nSPS) is 12.8. The number of benzene rings is 1.